The molecule has 0 aliphatic carbocycles. The van der Waals surface area contributed by atoms with Gasteiger partial charge in [-0.3, -0.25) is 4.68 Å². The Balaban J connectivity index is 2.20. The van der Waals surface area contributed by atoms with Gasteiger partial charge >= 0.3 is 0 Å². The van der Waals surface area contributed by atoms with Crippen LogP contribution in [0.5, 0.6) is 0 Å². The molecule has 19 heavy (non-hydrogen) atoms. The molecule has 1 aromatic rings. The minimum absolute atomic E-state index is 0.101. The van der Waals surface area contributed by atoms with Crippen LogP contribution < -0.4 is 0 Å². The first kappa shape index (κ1) is 14.8. The van der Waals surface area contributed by atoms with Gasteiger partial charge in [-0.1, -0.05) is 0 Å². The van der Waals surface area contributed by atoms with Gasteiger partial charge in [-0.05, 0) is 13.8 Å². The number of aryl methyl sites for hydroxylation is 1. The maximum Gasteiger partial charge on any atom is 0.246 e. The lowest BCUT2D eigenvalue weighted by Crippen LogP contribution is -2.48. The van der Waals surface area contributed by atoms with E-state index in [1.54, 1.807) is 0 Å². The zero-order valence-corrected chi connectivity index (χ0v) is 12.6. The fraction of sp³-hybridized carbons (Fsp3) is 0.727. The predicted molar refractivity (Wildman–Crippen MR) is 71.7 cm³/mol. The van der Waals surface area contributed by atoms with Gasteiger partial charge in [-0.15, -0.1) is 11.6 Å². The molecule has 0 radical (unpaired) electrons. The maximum atomic E-state index is 12.5. The van der Waals surface area contributed by atoms with Gasteiger partial charge in [0.1, 0.15) is 4.90 Å². The van der Waals surface area contributed by atoms with Crippen molar-refractivity contribution in [1.29, 1.82) is 0 Å². The van der Waals surface area contributed by atoms with E-state index < -0.39 is 10.0 Å². The van der Waals surface area contributed by atoms with E-state index in [0.29, 0.717) is 25.5 Å². The van der Waals surface area contributed by atoms with Gasteiger partial charge in [0, 0.05) is 25.2 Å². The molecule has 1 fully saturated rings. The highest BCUT2D eigenvalue weighted by Crippen LogP contribution is 2.20. The van der Waals surface area contributed by atoms with Gasteiger partial charge in [0.05, 0.1) is 24.9 Å². The number of halogens is 1. The third-order valence-electron chi connectivity index (χ3n) is 2.95. The number of alkyl halides is 1. The summed E-state index contributed by atoms with van der Waals surface area (Å²) in [4.78, 5) is 0.207. The number of hydrogen-bond acceptors (Lipinski definition) is 4. The van der Waals surface area contributed by atoms with Crippen LogP contribution >= 0.6 is 11.6 Å². The average molecular weight is 308 g/mol. The Hall–Kier alpha value is -0.630. The van der Waals surface area contributed by atoms with Crippen molar-refractivity contribution in [3.63, 3.8) is 0 Å². The van der Waals surface area contributed by atoms with Crippen molar-refractivity contribution in [3.05, 3.63) is 12.4 Å². The van der Waals surface area contributed by atoms with Crippen molar-refractivity contribution in [3.8, 4) is 0 Å². The predicted octanol–water partition coefficient (Wildman–Crippen LogP) is 0.920. The summed E-state index contributed by atoms with van der Waals surface area (Å²) in [6, 6.07) is 0. The summed E-state index contributed by atoms with van der Waals surface area (Å²) in [6.07, 6.45) is 2.68. The lowest BCUT2D eigenvalue weighted by molar-refractivity contribution is -0.0440. The van der Waals surface area contributed by atoms with Crippen LogP contribution in [0, 0.1) is 0 Å². The minimum atomic E-state index is -3.50. The number of rotatable bonds is 4. The fourth-order valence-corrected chi connectivity index (χ4v) is 3.88. The first-order chi connectivity index (χ1) is 8.93. The van der Waals surface area contributed by atoms with Crippen molar-refractivity contribution in [2.24, 2.45) is 0 Å². The monoisotopic (exact) mass is 307 g/mol. The van der Waals surface area contributed by atoms with Gasteiger partial charge < -0.3 is 4.74 Å². The van der Waals surface area contributed by atoms with E-state index in [1.807, 2.05) is 13.8 Å². The topological polar surface area (TPSA) is 64.4 Å². The smallest absolute Gasteiger partial charge is 0.246 e. The van der Waals surface area contributed by atoms with E-state index in [0.717, 1.165) is 0 Å². The van der Waals surface area contributed by atoms with Crippen molar-refractivity contribution < 1.29 is 13.2 Å². The van der Waals surface area contributed by atoms with Crippen LogP contribution in [0.25, 0.3) is 0 Å². The molecule has 1 aromatic heterocycles. The standard InChI is InChI=1S/C11H18ClN3O3S/c1-9-6-15(7-10(2)18-9)19(16,17)11-5-13-14(8-11)4-3-12/h5,8-10H,3-4,6-7H2,1-2H3. The Morgan fingerprint density at radius 2 is 2.05 bits per heavy atom. The lowest BCUT2D eigenvalue weighted by atomic mass is 10.3. The Labute approximate surface area is 118 Å². The molecule has 0 bridgehead atoms. The second-order valence-corrected chi connectivity index (χ2v) is 7.02. The Morgan fingerprint density at radius 1 is 1.42 bits per heavy atom. The number of hydrogen-bond donors (Lipinski definition) is 0. The van der Waals surface area contributed by atoms with Gasteiger partial charge in [-0.2, -0.15) is 9.40 Å². The van der Waals surface area contributed by atoms with E-state index in [-0.39, 0.29) is 17.1 Å². The Bertz CT molecular complexity index is 521. The minimum Gasteiger partial charge on any atom is -0.373 e. The van der Waals surface area contributed by atoms with Crippen molar-refractivity contribution >= 4 is 21.6 Å². The van der Waals surface area contributed by atoms with Crippen molar-refractivity contribution in [2.75, 3.05) is 19.0 Å². The van der Waals surface area contributed by atoms with Gasteiger partial charge in [0.25, 0.3) is 0 Å². The van der Waals surface area contributed by atoms with Gasteiger partial charge in [0.2, 0.25) is 10.0 Å². The van der Waals surface area contributed by atoms with Crippen LogP contribution in [0.4, 0.5) is 0 Å². The van der Waals surface area contributed by atoms with Gasteiger partial charge in [0.15, 0.2) is 0 Å². The lowest BCUT2D eigenvalue weighted by Gasteiger charge is -2.34. The normalized spacial score (nSPS) is 25.6. The number of morpholine rings is 1. The second kappa shape index (κ2) is 5.78. The molecule has 8 heteroatoms. The molecule has 0 N–H and O–H groups in total. The second-order valence-electron chi connectivity index (χ2n) is 4.71. The zero-order chi connectivity index (χ0) is 14.0. The molecule has 0 saturated carbocycles. The van der Waals surface area contributed by atoms with Crippen LogP contribution in [0.15, 0.2) is 17.3 Å². The number of sulfonamides is 1. The molecule has 1 aliphatic rings. The van der Waals surface area contributed by atoms with Crippen molar-refractivity contribution in [1.82, 2.24) is 14.1 Å². The van der Waals surface area contributed by atoms with E-state index in [2.05, 4.69) is 5.10 Å². The summed E-state index contributed by atoms with van der Waals surface area (Å²) < 4.78 is 33.5. The van der Waals surface area contributed by atoms with Crippen molar-refractivity contribution in [2.45, 2.75) is 37.5 Å². The molecular formula is C11H18ClN3O3S. The van der Waals surface area contributed by atoms with Gasteiger partial charge in [-0.25, -0.2) is 8.42 Å². The first-order valence-corrected chi connectivity index (χ1v) is 8.15. The summed E-state index contributed by atoms with van der Waals surface area (Å²) in [5.41, 5.74) is 0. The molecule has 2 atom stereocenters. The highest BCUT2D eigenvalue weighted by atomic mass is 35.5. The summed E-state index contributed by atoms with van der Waals surface area (Å²) in [5, 5.41) is 4.00. The molecule has 2 unspecified atom stereocenters. The number of aromatic nitrogens is 2. The van der Waals surface area contributed by atoms with Crippen LogP contribution in [0.3, 0.4) is 0 Å². The summed E-state index contributed by atoms with van der Waals surface area (Å²) >= 11 is 5.61. The number of nitrogens with zero attached hydrogens (tertiary/aromatic N) is 3. The van der Waals surface area contributed by atoms with E-state index in [1.165, 1.54) is 21.4 Å². The molecule has 1 aliphatic heterocycles. The first-order valence-electron chi connectivity index (χ1n) is 6.17. The molecule has 2 rings (SSSR count). The van der Waals surface area contributed by atoms with Crippen LogP contribution in [-0.2, 0) is 21.3 Å². The average Bonchev–Trinajstić information content (AvgIpc) is 2.77. The maximum absolute atomic E-state index is 12.5. The van der Waals surface area contributed by atoms with E-state index >= 15 is 0 Å². The zero-order valence-electron chi connectivity index (χ0n) is 11.0. The third kappa shape index (κ3) is 3.28. The molecule has 2 heterocycles. The summed E-state index contributed by atoms with van der Waals surface area (Å²) in [6.45, 7) is 4.97. The quantitative estimate of drug-likeness (QED) is 0.776. The molecule has 6 nitrogen and oxygen atoms in total. The molecule has 1 saturated heterocycles. The molecule has 0 aromatic carbocycles. The fourth-order valence-electron chi connectivity index (χ4n) is 2.16. The molecule has 108 valence electrons. The van der Waals surface area contributed by atoms with Crippen LogP contribution in [-0.4, -0.2) is 53.7 Å². The summed E-state index contributed by atoms with van der Waals surface area (Å²) in [7, 11) is -3.50. The van der Waals surface area contributed by atoms with Crippen LogP contribution in [0.2, 0.25) is 0 Å². The van der Waals surface area contributed by atoms with E-state index in [4.69, 9.17) is 16.3 Å². The molecule has 0 amide bonds. The third-order valence-corrected chi connectivity index (χ3v) is 4.90. The van der Waals surface area contributed by atoms with E-state index in [9.17, 15) is 8.42 Å². The Kier molecular flexibility index (Phi) is 4.50. The Morgan fingerprint density at radius 3 is 2.63 bits per heavy atom. The molecule has 0 spiro atoms. The number of ether oxygens (including phenoxy) is 1. The highest BCUT2D eigenvalue weighted by molar-refractivity contribution is 7.89. The summed E-state index contributed by atoms with van der Waals surface area (Å²) in [5.74, 6) is 0.396. The molecular weight excluding hydrogens is 290 g/mol. The van der Waals surface area contributed by atoms with Crippen LogP contribution in [0.1, 0.15) is 13.8 Å². The highest BCUT2D eigenvalue weighted by Gasteiger charge is 2.32. The SMILES string of the molecule is CC1CN(S(=O)(=O)c2cnn(CCCl)c2)CC(C)O1. The largest absolute Gasteiger partial charge is 0.373 e.